The highest BCUT2D eigenvalue weighted by molar-refractivity contribution is 7.99. The maximum Gasteiger partial charge on any atom is 0.159 e. The SMILES string of the molecule is CC(=O)c1ccc2c(N3CCSCC3)cnnc2c1. The van der Waals surface area contributed by atoms with E-state index in [2.05, 4.69) is 15.1 Å². The van der Waals surface area contributed by atoms with Crippen LogP contribution in [0.1, 0.15) is 17.3 Å². The molecular weight excluding hydrogens is 258 g/mol. The van der Waals surface area contributed by atoms with Gasteiger partial charge in [-0.3, -0.25) is 4.79 Å². The van der Waals surface area contributed by atoms with E-state index in [4.69, 9.17) is 0 Å². The first-order valence-corrected chi connectivity index (χ1v) is 7.50. The fourth-order valence-corrected chi connectivity index (χ4v) is 3.22. The van der Waals surface area contributed by atoms with Gasteiger partial charge in [0, 0.05) is 35.5 Å². The van der Waals surface area contributed by atoms with Crippen LogP contribution in [-0.2, 0) is 0 Å². The Labute approximate surface area is 116 Å². The third-order valence-corrected chi connectivity index (χ3v) is 4.32. The van der Waals surface area contributed by atoms with Gasteiger partial charge in [0.05, 0.1) is 17.4 Å². The van der Waals surface area contributed by atoms with Crippen LogP contribution in [-0.4, -0.2) is 40.6 Å². The van der Waals surface area contributed by atoms with Gasteiger partial charge < -0.3 is 4.90 Å². The number of nitrogens with zero attached hydrogens (tertiary/aromatic N) is 3. The zero-order valence-electron chi connectivity index (χ0n) is 10.8. The quantitative estimate of drug-likeness (QED) is 0.786. The van der Waals surface area contributed by atoms with Crippen molar-refractivity contribution >= 4 is 34.1 Å². The third kappa shape index (κ3) is 2.42. The minimum atomic E-state index is 0.0588. The van der Waals surface area contributed by atoms with Gasteiger partial charge in [-0.15, -0.1) is 0 Å². The summed E-state index contributed by atoms with van der Waals surface area (Å²) in [7, 11) is 0. The highest BCUT2D eigenvalue weighted by Crippen LogP contribution is 2.27. The summed E-state index contributed by atoms with van der Waals surface area (Å²) >= 11 is 1.98. The van der Waals surface area contributed by atoms with E-state index in [0.29, 0.717) is 5.56 Å². The molecule has 2 aromatic rings. The second-order valence-electron chi connectivity index (χ2n) is 4.62. The zero-order chi connectivity index (χ0) is 13.2. The topological polar surface area (TPSA) is 46.1 Å². The highest BCUT2D eigenvalue weighted by Gasteiger charge is 2.15. The minimum Gasteiger partial charge on any atom is -0.368 e. The Morgan fingerprint density at radius 3 is 2.84 bits per heavy atom. The van der Waals surface area contributed by atoms with Gasteiger partial charge in [0.1, 0.15) is 0 Å². The first-order chi connectivity index (χ1) is 9.25. The van der Waals surface area contributed by atoms with Gasteiger partial charge in [-0.1, -0.05) is 6.07 Å². The number of hydrogen-bond donors (Lipinski definition) is 0. The summed E-state index contributed by atoms with van der Waals surface area (Å²) in [6, 6.07) is 5.68. The molecule has 0 saturated carbocycles. The lowest BCUT2D eigenvalue weighted by Crippen LogP contribution is -2.32. The van der Waals surface area contributed by atoms with Gasteiger partial charge >= 0.3 is 0 Å². The maximum absolute atomic E-state index is 11.4. The fourth-order valence-electron chi connectivity index (χ4n) is 2.32. The number of benzene rings is 1. The molecule has 4 nitrogen and oxygen atoms in total. The molecule has 98 valence electrons. The number of Topliss-reactive ketones (excluding diaryl/α,β-unsaturated/α-hetero) is 1. The Morgan fingerprint density at radius 1 is 1.32 bits per heavy atom. The van der Waals surface area contributed by atoms with Crippen LogP contribution in [0.25, 0.3) is 10.9 Å². The number of aromatic nitrogens is 2. The van der Waals surface area contributed by atoms with Crippen LogP contribution in [0, 0.1) is 0 Å². The Bertz CT molecular complexity index is 623. The van der Waals surface area contributed by atoms with Crippen molar-refractivity contribution in [2.75, 3.05) is 29.5 Å². The lowest BCUT2D eigenvalue weighted by molar-refractivity contribution is 0.101. The summed E-state index contributed by atoms with van der Waals surface area (Å²) in [4.78, 5) is 13.8. The van der Waals surface area contributed by atoms with Crippen LogP contribution in [0.2, 0.25) is 0 Å². The molecule has 5 heteroatoms. The Morgan fingerprint density at radius 2 is 2.11 bits per heavy atom. The second-order valence-corrected chi connectivity index (χ2v) is 5.84. The zero-order valence-corrected chi connectivity index (χ0v) is 11.6. The van der Waals surface area contributed by atoms with E-state index < -0.39 is 0 Å². The monoisotopic (exact) mass is 273 g/mol. The number of ketones is 1. The van der Waals surface area contributed by atoms with Crippen LogP contribution < -0.4 is 4.90 Å². The molecule has 1 aliphatic heterocycles. The molecule has 0 radical (unpaired) electrons. The van der Waals surface area contributed by atoms with E-state index >= 15 is 0 Å². The molecule has 0 atom stereocenters. The predicted molar refractivity (Wildman–Crippen MR) is 79.1 cm³/mol. The number of anilines is 1. The lowest BCUT2D eigenvalue weighted by atomic mass is 10.1. The van der Waals surface area contributed by atoms with Crippen molar-refractivity contribution in [3.05, 3.63) is 30.0 Å². The molecule has 1 aromatic carbocycles. The molecule has 0 N–H and O–H groups in total. The molecule has 19 heavy (non-hydrogen) atoms. The van der Waals surface area contributed by atoms with Crippen molar-refractivity contribution < 1.29 is 4.79 Å². The van der Waals surface area contributed by atoms with E-state index in [-0.39, 0.29) is 5.78 Å². The summed E-state index contributed by atoms with van der Waals surface area (Å²) in [5.41, 5.74) is 2.61. The molecule has 0 amide bonds. The number of hydrogen-bond acceptors (Lipinski definition) is 5. The van der Waals surface area contributed by atoms with Crippen LogP contribution in [0.4, 0.5) is 5.69 Å². The van der Waals surface area contributed by atoms with Crippen molar-refractivity contribution in [3.63, 3.8) is 0 Å². The molecule has 1 aliphatic rings. The van der Waals surface area contributed by atoms with E-state index in [0.717, 1.165) is 41.2 Å². The molecule has 1 aromatic heterocycles. The number of carbonyl (C=O) groups excluding carboxylic acids is 1. The first-order valence-electron chi connectivity index (χ1n) is 6.35. The molecule has 0 bridgehead atoms. The molecule has 0 spiro atoms. The van der Waals surface area contributed by atoms with E-state index in [1.165, 1.54) is 0 Å². The van der Waals surface area contributed by atoms with Crippen LogP contribution in [0.15, 0.2) is 24.4 Å². The molecule has 0 aliphatic carbocycles. The van der Waals surface area contributed by atoms with E-state index in [1.54, 1.807) is 6.92 Å². The molecular formula is C14H15N3OS. The third-order valence-electron chi connectivity index (χ3n) is 3.38. The van der Waals surface area contributed by atoms with E-state index in [1.807, 2.05) is 36.2 Å². The predicted octanol–water partition coefficient (Wildman–Crippen LogP) is 2.39. The second kappa shape index (κ2) is 5.17. The highest BCUT2D eigenvalue weighted by atomic mass is 32.2. The van der Waals surface area contributed by atoms with Crippen molar-refractivity contribution in [1.29, 1.82) is 0 Å². The number of carbonyl (C=O) groups is 1. The van der Waals surface area contributed by atoms with Crippen molar-refractivity contribution in [2.45, 2.75) is 6.92 Å². The van der Waals surface area contributed by atoms with Crippen molar-refractivity contribution in [1.82, 2.24) is 10.2 Å². The van der Waals surface area contributed by atoms with E-state index in [9.17, 15) is 4.79 Å². The van der Waals surface area contributed by atoms with Crippen LogP contribution in [0.5, 0.6) is 0 Å². The average Bonchev–Trinajstić information content (AvgIpc) is 2.47. The van der Waals surface area contributed by atoms with Crippen molar-refractivity contribution in [2.24, 2.45) is 0 Å². The summed E-state index contributed by atoms with van der Waals surface area (Å²) in [6.45, 7) is 3.65. The lowest BCUT2D eigenvalue weighted by Gasteiger charge is -2.28. The average molecular weight is 273 g/mol. The first kappa shape index (κ1) is 12.4. The van der Waals surface area contributed by atoms with Gasteiger partial charge in [0.25, 0.3) is 0 Å². The minimum absolute atomic E-state index is 0.0588. The maximum atomic E-state index is 11.4. The van der Waals surface area contributed by atoms with Crippen molar-refractivity contribution in [3.8, 4) is 0 Å². The number of thioether (sulfide) groups is 1. The molecule has 3 rings (SSSR count). The van der Waals surface area contributed by atoms with Gasteiger partial charge in [0.2, 0.25) is 0 Å². The standard InChI is InChI=1S/C14H15N3OS/c1-10(18)11-2-3-12-13(8-11)16-15-9-14(12)17-4-6-19-7-5-17/h2-3,8-9H,4-7H2,1H3. The summed E-state index contributed by atoms with van der Waals surface area (Å²) in [6.07, 6.45) is 1.83. The number of rotatable bonds is 2. The Hall–Kier alpha value is -1.62. The molecule has 0 unspecified atom stereocenters. The summed E-state index contributed by atoms with van der Waals surface area (Å²) < 4.78 is 0. The molecule has 1 saturated heterocycles. The smallest absolute Gasteiger partial charge is 0.159 e. The summed E-state index contributed by atoms with van der Waals surface area (Å²) in [5.74, 6) is 2.36. The fraction of sp³-hybridized carbons (Fsp3) is 0.357. The normalized spacial score (nSPS) is 15.7. The largest absolute Gasteiger partial charge is 0.368 e. The van der Waals surface area contributed by atoms with Gasteiger partial charge in [-0.2, -0.15) is 22.0 Å². The van der Waals surface area contributed by atoms with Gasteiger partial charge in [-0.25, -0.2) is 0 Å². The van der Waals surface area contributed by atoms with Crippen LogP contribution in [0.3, 0.4) is 0 Å². The molecule has 2 heterocycles. The Kier molecular flexibility index (Phi) is 3.38. The Balaban J connectivity index is 2.07. The van der Waals surface area contributed by atoms with Crippen LogP contribution >= 0.6 is 11.8 Å². The van der Waals surface area contributed by atoms with Gasteiger partial charge in [-0.05, 0) is 19.1 Å². The van der Waals surface area contributed by atoms with Gasteiger partial charge in [0.15, 0.2) is 5.78 Å². The summed E-state index contributed by atoms with van der Waals surface area (Å²) in [5, 5.41) is 9.30. The number of fused-ring (bicyclic) bond motifs is 1. The molecule has 1 fully saturated rings.